The first kappa shape index (κ1) is 15.2. The molecule has 2 rings (SSSR count). The lowest BCUT2D eigenvalue weighted by atomic mass is 10.1. The van der Waals surface area contributed by atoms with E-state index in [-0.39, 0.29) is 10.5 Å². The van der Waals surface area contributed by atoms with Crippen LogP contribution in [0.15, 0.2) is 44.4 Å². The summed E-state index contributed by atoms with van der Waals surface area (Å²) in [6.07, 6.45) is 0. The number of sulfonamides is 1. The molecule has 1 aromatic heterocycles. The Kier molecular flexibility index (Phi) is 3.60. The van der Waals surface area contributed by atoms with Gasteiger partial charge in [0.15, 0.2) is 0 Å². The summed E-state index contributed by atoms with van der Waals surface area (Å²) in [6, 6.07) is 6.50. The van der Waals surface area contributed by atoms with E-state index in [0.717, 1.165) is 0 Å². The van der Waals surface area contributed by atoms with Crippen molar-refractivity contribution < 1.29 is 22.7 Å². The first-order valence-electron chi connectivity index (χ1n) is 5.93. The molecule has 1 heterocycles. The highest BCUT2D eigenvalue weighted by Gasteiger charge is 2.33. The van der Waals surface area contributed by atoms with Gasteiger partial charge in [-0.1, -0.05) is 0 Å². The minimum absolute atomic E-state index is 0.113. The maximum atomic E-state index is 12.2. The van der Waals surface area contributed by atoms with Crippen LogP contribution in [0.3, 0.4) is 0 Å². The molecule has 0 aliphatic rings. The van der Waals surface area contributed by atoms with Crippen LogP contribution in [0.5, 0.6) is 0 Å². The second-order valence-electron chi connectivity index (χ2n) is 4.99. The highest BCUT2D eigenvalue weighted by Crippen LogP contribution is 2.19. The van der Waals surface area contributed by atoms with Gasteiger partial charge in [-0.25, -0.2) is 13.2 Å². The lowest BCUT2D eigenvalue weighted by Crippen LogP contribution is -2.49. The van der Waals surface area contributed by atoms with E-state index in [0.29, 0.717) is 5.39 Å². The molecular weight excluding hydrogens is 298 g/mol. The van der Waals surface area contributed by atoms with E-state index in [1.165, 1.54) is 44.2 Å². The number of carboxylic acid groups (broad SMARTS) is 1. The third-order valence-corrected chi connectivity index (χ3v) is 4.48. The summed E-state index contributed by atoms with van der Waals surface area (Å²) in [4.78, 5) is 22.0. The minimum Gasteiger partial charge on any atom is -0.480 e. The lowest BCUT2D eigenvalue weighted by molar-refractivity contribution is -0.142. The number of fused-ring (bicyclic) bond motifs is 1. The average Bonchev–Trinajstić information content (AvgIpc) is 2.36. The molecule has 0 aliphatic carbocycles. The first-order chi connectivity index (χ1) is 9.62. The minimum atomic E-state index is -4.02. The van der Waals surface area contributed by atoms with Crippen molar-refractivity contribution in [1.82, 2.24) is 4.72 Å². The van der Waals surface area contributed by atoms with Gasteiger partial charge in [0.2, 0.25) is 10.0 Å². The molecule has 0 spiro atoms. The van der Waals surface area contributed by atoms with Crippen molar-refractivity contribution in [2.75, 3.05) is 0 Å². The van der Waals surface area contributed by atoms with Crippen molar-refractivity contribution in [1.29, 1.82) is 0 Å². The number of nitrogens with one attached hydrogen (secondary N) is 1. The van der Waals surface area contributed by atoms with E-state index in [1.807, 2.05) is 0 Å². The standard InChI is InChI=1S/C13H13NO6S/c1-13(2,12(16)17)14-21(18,19)9-4-5-10-8(7-9)3-6-11(15)20-10/h3-7,14H,1-2H3,(H,16,17). The average molecular weight is 311 g/mol. The summed E-state index contributed by atoms with van der Waals surface area (Å²) in [7, 11) is -4.02. The van der Waals surface area contributed by atoms with E-state index < -0.39 is 27.2 Å². The van der Waals surface area contributed by atoms with Gasteiger partial charge >= 0.3 is 11.6 Å². The molecule has 0 saturated carbocycles. The van der Waals surface area contributed by atoms with E-state index >= 15 is 0 Å². The third kappa shape index (κ3) is 3.11. The van der Waals surface area contributed by atoms with Gasteiger partial charge in [-0.05, 0) is 38.1 Å². The van der Waals surface area contributed by atoms with Gasteiger partial charge in [-0.2, -0.15) is 4.72 Å². The topological polar surface area (TPSA) is 114 Å². The van der Waals surface area contributed by atoms with E-state index in [4.69, 9.17) is 9.52 Å². The van der Waals surface area contributed by atoms with Crippen LogP contribution >= 0.6 is 0 Å². The van der Waals surface area contributed by atoms with Crippen molar-refractivity contribution >= 4 is 27.0 Å². The summed E-state index contributed by atoms with van der Waals surface area (Å²) in [5, 5.41) is 9.40. The third-order valence-electron chi connectivity index (χ3n) is 2.83. The second-order valence-corrected chi connectivity index (χ2v) is 6.67. The molecule has 0 unspecified atom stereocenters. The number of carboxylic acids is 1. The molecule has 0 bridgehead atoms. The number of benzene rings is 1. The van der Waals surface area contributed by atoms with Gasteiger partial charge in [0.25, 0.3) is 0 Å². The summed E-state index contributed by atoms with van der Waals surface area (Å²) in [5.41, 5.74) is -1.93. The maximum absolute atomic E-state index is 12.2. The van der Waals surface area contributed by atoms with Crippen LogP contribution in [0, 0.1) is 0 Å². The highest BCUT2D eigenvalue weighted by molar-refractivity contribution is 7.89. The van der Waals surface area contributed by atoms with Crippen LogP contribution in [0.2, 0.25) is 0 Å². The number of rotatable bonds is 4. The Hall–Kier alpha value is -2.19. The van der Waals surface area contributed by atoms with Crippen molar-refractivity contribution in [3.63, 3.8) is 0 Å². The number of hydrogen-bond donors (Lipinski definition) is 2. The monoisotopic (exact) mass is 311 g/mol. The first-order valence-corrected chi connectivity index (χ1v) is 7.41. The van der Waals surface area contributed by atoms with Crippen LogP contribution < -0.4 is 10.3 Å². The molecule has 8 heteroatoms. The van der Waals surface area contributed by atoms with Gasteiger partial charge in [0, 0.05) is 11.5 Å². The van der Waals surface area contributed by atoms with E-state index in [2.05, 4.69) is 4.72 Å². The number of aliphatic carboxylic acids is 1. The molecule has 0 amide bonds. The van der Waals surface area contributed by atoms with Gasteiger partial charge in [0.1, 0.15) is 11.1 Å². The predicted molar refractivity (Wildman–Crippen MR) is 74.5 cm³/mol. The second kappa shape index (κ2) is 4.97. The molecule has 112 valence electrons. The molecule has 0 aliphatic heterocycles. The molecule has 0 fully saturated rings. The molecule has 7 nitrogen and oxygen atoms in total. The molecule has 21 heavy (non-hydrogen) atoms. The van der Waals surface area contributed by atoms with Gasteiger partial charge in [0.05, 0.1) is 4.90 Å². The lowest BCUT2D eigenvalue weighted by Gasteiger charge is -2.20. The van der Waals surface area contributed by atoms with Crippen molar-refractivity contribution in [3.8, 4) is 0 Å². The smallest absolute Gasteiger partial charge is 0.336 e. The highest BCUT2D eigenvalue weighted by atomic mass is 32.2. The summed E-state index contributed by atoms with van der Waals surface area (Å²) >= 11 is 0. The molecule has 1 aromatic carbocycles. The molecule has 2 aromatic rings. The Morgan fingerprint density at radius 1 is 1.24 bits per heavy atom. The molecule has 0 atom stereocenters. The summed E-state index contributed by atoms with van der Waals surface area (Å²) in [6.45, 7) is 2.49. The maximum Gasteiger partial charge on any atom is 0.336 e. The number of carbonyl (C=O) groups is 1. The molecule has 0 saturated heterocycles. The molecule has 0 radical (unpaired) electrons. The van der Waals surface area contributed by atoms with Crippen LogP contribution in [0.4, 0.5) is 0 Å². The Morgan fingerprint density at radius 3 is 2.52 bits per heavy atom. The molecule has 2 N–H and O–H groups in total. The SMILES string of the molecule is CC(C)(NS(=O)(=O)c1ccc2oc(=O)ccc2c1)C(=O)O. The van der Waals surface area contributed by atoms with Gasteiger partial charge < -0.3 is 9.52 Å². The zero-order chi connectivity index (χ0) is 15.8. The fourth-order valence-corrected chi connectivity index (χ4v) is 3.06. The van der Waals surface area contributed by atoms with Gasteiger partial charge in [-0.15, -0.1) is 0 Å². The number of hydrogen-bond acceptors (Lipinski definition) is 5. The van der Waals surface area contributed by atoms with Crippen LogP contribution in [-0.4, -0.2) is 25.0 Å². The van der Waals surface area contributed by atoms with Gasteiger partial charge in [-0.3, -0.25) is 4.79 Å². The summed E-state index contributed by atoms with van der Waals surface area (Å²) in [5.74, 6) is -1.29. The predicted octanol–water partition coefficient (Wildman–Crippen LogP) is 0.935. The van der Waals surface area contributed by atoms with Crippen LogP contribution in [0.1, 0.15) is 13.8 Å². The van der Waals surface area contributed by atoms with Crippen LogP contribution in [-0.2, 0) is 14.8 Å². The fraction of sp³-hybridized carbons (Fsp3) is 0.231. The van der Waals surface area contributed by atoms with E-state index in [9.17, 15) is 18.0 Å². The van der Waals surface area contributed by atoms with Crippen LogP contribution in [0.25, 0.3) is 11.0 Å². The molecular formula is C13H13NO6S. The zero-order valence-electron chi connectivity index (χ0n) is 11.3. The largest absolute Gasteiger partial charge is 0.480 e. The summed E-state index contributed by atoms with van der Waals surface area (Å²) < 4.78 is 31.4. The van der Waals surface area contributed by atoms with Crippen molar-refractivity contribution in [3.05, 3.63) is 40.8 Å². The Labute approximate surface area is 120 Å². The Balaban J connectivity index is 2.48. The Bertz CT molecular complexity index is 866. The quantitative estimate of drug-likeness (QED) is 0.812. The van der Waals surface area contributed by atoms with E-state index in [1.54, 1.807) is 0 Å². The Morgan fingerprint density at radius 2 is 1.90 bits per heavy atom. The van der Waals surface area contributed by atoms with Crippen molar-refractivity contribution in [2.24, 2.45) is 0 Å². The zero-order valence-corrected chi connectivity index (χ0v) is 12.1. The fourth-order valence-electron chi connectivity index (χ4n) is 1.66. The normalized spacial score (nSPS) is 12.5. The van der Waals surface area contributed by atoms with Crippen molar-refractivity contribution in [2.45, 2.75) is 24.3 Å².